The predicted molar refractivity (Wildman–Crippen MR) is 59.4 cm³/mol. The van der Waals surface area contributed by atoms with E-state index in [2.05, 4.69) is 9.97 Å². The number of nitrogen functional groups attached to an aromatic ring is 1. The first kappa shape index (κ1) is 14.7. The Bertz CT molecular complexity index is 513. The number of hydrogen-bond donors (Lipinski definition) is 4. The van der Waals surface area contributed by atoms with Crippen molar-refractivity contribution in [1.82, 2.24) is 14.5 Å². The SMILES string of the molecule is CC(OCP(=O)(O)O)C(O)n1cnc(N)nc1=O. The third-order valence-electron chi connectivity index (χ3n) is 1.96. The van der Waals surface area contributed by atoms with Crippen LogP contribution in [0.15, 0.2) is 11.1 Å². The van der Waals surface area contributed by atoms with Gasteiger partial charge in [-0.2, -0.15) is 4.98 Å². The van der Waals surface area contributed by atoms with E-state index in [1.807, 2.05) is 0 Å². The summed E-state index contributed by atoms with van der Waals surface area (Å²) in [5, 5.41) is 9.72. The molecule has 0 amide bonds. The average Bonchev–Trinajstić information content (AvgIpc) is 2.24. The van der Waals surface area contributed by atoms with Gasteiger partial charge >= 0.3 is 13.3 Å². The molecular formula is C7H13N4O6P. The van der Waals surface area contributed by atoms with Crippen molar-refractivity contribution in [2.45, 2.75) is 19.3 Å². The van der Waals surface area contributed by atoms with Crippen LogP contribution in [0.5, 0.6) is 0 Å². The van der Waals surface area contributed by atoms with Crippen molar-refractivity contribution in [2.75, 3.05) is 12.1 Å². The van der Waals surface area contributed by atoms with Crippen molar-refractivity contribution in [1.29, 1.82) is 0 Å². The molecule has 1 aromatic heterocycles. The summed E-state index contributed by atoms with van der Waals surface area (Å²) >= 11 is 0. The van der Waals surface area contributed by atoms with Gasteiger partial charge in [-0.05, 0) is 6.92 Å². The van der Waals surface area contributed by atoms with Gasteiger partial charge in [-0.15, -0.1) is 0 Å². The van der Waals surface area contributed by atoms with Crippen LogP contribution in [0, 0.1) is 0 Å². The number of anilines is 1. The molecule has 0 aliphatic carbocycles. The normalized spacial score (nSPS) is 15.3. The molecule has 0 fully saturated rings. The lowest BCUT2D eigenvalue weighted by molar-refractivity contribution is -0.0545. The van der Waals surface area contributed by atoms with Gasteiger partial charge in [0.2, 0.25) is 5.95 Å². The molecular weight excluding hydrogens is 267 g/mol. The van der Waals surface area contributed by atoms with Crippen molar-refractivity contribution < 1.29 is 24.2 Å². The maximum atomic E-state index is 11.3. The zero-order chi connectivity index (χ0) is 13.9. The largest absolute Gasteiger partial charge is 0.370 e. The van der Waals surface area contributed by atoms with Crippen molar-refractivity contribution in [2.24, 2.45) is 0 Å². The van der Waals surface area contributed by atoms with Crippen LogP contribution in [-0.4, -0.2) is 41.9 Å². The van der Waals surface area contributed by atoms with E-state index in [1.165, 1.54) is 6.92 Å². The summed E-state index contributed by atoms with van der Waals surface area (Å²) in [6.07, 6.45) is -2.42. The highest BCUT2D eigenvalue weighted by atomic mass is 31.2. The number of ether oxygens (including phenoxy) is 1. The highest BCUT2D eigenvalue weighted by Crippen LogP contribution is 2.34. The Kier molecular flexibility index (Phi) is 4.54. The molecule has 1 aromatic rings. The first-order valence-corrected chi connectivity index (χ1v) is 6.55. The molecule has 0 spiro atoms. The monoisotopic (exact) mass is 280 g/mol. The zero-order valence-corrected chi connectivity index (χ0v) is 10.3. The van der Waals surface area contributed by atoms with Gasteiger partial charge in [-0.25, -0.2) is 9.78 Å². The molecule has 0 aliphatic rings. The minimum atomic E-state index is -4.34. The number of nitrogens with two attached hydrogens (primary N) is 1. The molecule has 102 valence electrons. The van der Waals surface area contributed by atoms with Crippen molar-refractivity contribution in [3.8, 4) is 0 Å². The fourth-order valence-corrected chi connectivity index (χ4v) is 1.49. The van der Waals surface area contributed by atoms with Gasteiger partial charge in [-0.1, -0.05) is 0 Å². The molecule has 1 rings (SSSR count). The molecule has 11 heteroatoms. The Morgan fingerprint density at radius 1 is 1.61 bits per heavy atom. The third kappa shape index (κ3) is 4.17. The second-order valence-corrected chi connectivity index (χ2v) is 5.07. The first-order valence-electron chi connectivity index (χ1n) is 4.75. The van der Waals surface area contributed by atoms with E-state index in [-0.39, 0.29) is 5.95 Å². The van der Waals surface area contributed by atoms with E-state index >= 15 is 0 Å². The Morgan fingerprint density at radius 3 is 2.72 bits per heavy atom. The van der Waals surface area contributed by atoms with Crippen molar-refractivity contribution >= 4 is 13.5 Å². The van der Waals surface area contributed by atoms with E-state index in [0.29, 0.717) is 0 Å². The third-order valence-corrected chi connectivity index (χ3v) is 2.44. The van der Waals surface area contributed by atoms with Gasteiger partial charge in [0, 0.05) is 0 Å². The fraction of sp³-hybridized carbons (Fsp3) is 0.571. The van der Waals surface area contributed by atoms with Crippen LogP contribution >= 0.6 is 7.60 Å². The number of rotatable bonds is 5. The van der Waals surface area contributed by atoms with E-state index < -0.39 is 32.0 Å². The molecule has 0 radical (unpaired) electrons. The summed E-state index contributed by atoms with van der Waals surface area (Å²) in [6.45, 7) is 1.34. The Hall–Kier alpha value is -1.32. The minimum absolute atomic E-state index is 0.243. The molecule has 0 saturated heterocycles. The van der Waals surface area contributed by atoms with Gasteiger partial charge in [-0.3, -0.25) is 9.13 Å². The Labute approximate surface area is 101 Å². The average molecular weight is 280 g/mol. The molecule has 5 N–H and O–H groups in total. The Balaban J connectivity index is 2.77. The Morgan fingerprint density at radius 2 is 2.22 bits per heavy atom. The number of hydrogen-bond acceptors (Lipinski definition) is 7. The summed E-state index contributed by atoms with van der Waals surface area (Å²) in [4.78, 5) is 35.4. The highest BCUT2D eigenvalue weighted by molar-refractivity contribution is 7.51. The summed E-state index contributed by atoms with van der Waals surface area (Å²) < 4.78 is 16.1. The predicted octanol–water partition coefficient (Wildman–Crippen LogP) is -1.75. The first-order chi connectivity index (χ1) is 8.20. The maximum Gasteiger partial charge on any atom is 0.354 e. The van der Waals surface area contributed by atoms with Crippen LogP contribution in [0.3, 0.4) is 0 Å². The standard InChI is InChI=1S/C7H13N4O6P/c1-4(17-3-18(14,15)16)5(12)11-2-9-6(8)10-7(11)13/h2,4-5,12H,3H2,1H3,(H2,8,10,13)(H2,14,15,16). The van der Waals surface area contributed by atoms with Gasteiger partial charge < -0.3 is 25.4 Å². The van der Waals surface area contributed by atoms with Crippen LogP contribution in [0.25, 0.3) is 0 Å². The molecule has 2 unspecified atom stereocenters. The van der Waals surface area contributed by atoms with Crippen LogP contribution in [-0.2, 0) is 9.30 Å². The fourth-order valence-electron chi connectivity index (χ4n) is 1.06. The van der Waals surface area contributed by atoms with Gasteiger partial charge in [0.1, 0.15) is 18.8 Å². The molecule has 0 bridgehead atoms. The topological polar surface area (TPSA) is 161 Å². The lowest BCUT2D eigenvalue weighted by Gasteiger charge is -2.20. The van der Waals surface area contributed by atoms with Crippen molar-refractivity contribution in [3.05, 3.63) is 16.8 Å². The smallest absolute Gasteiger partial charge is 0.354 e. The summed E-state index contributed by atoms with van der Waals surface area (Å²) in [5.74, 6) is -0.243. The van der Waals surface area contributed by atoms with Gasteiger partial charge in [0.25, 0.3) is 0 Å². The van der Waals surface area contributed by atoms with Crippen LogP contribution in [0.2, 0.25) is 0 Å². The molecule has 0 aliphatic heterocycles. The lowest BCUT2D eigenvalue weighted by atomic mass is 10.3. The van der Waals surface area contributed by atoms with Gasteiger partial charge in [0.05, 0.1) is 0 Å². The second kappa shape index (κ2) is 5.55. The number of aliphatic hydroxyl groups is 1. The number of nitrogens with zero attached hydrogens (tertiary/aromatic N) is 3. The van der Waals surface area contributed by atoms with E-state index in [4.69, 9.17) is 20.3 Å². The minimum Gasteiger partial charge on any atom is -0.370 e. The molecule has 10 nitrogen and oxygen atoms in total. The second-order valence-electron chi connectivity index (χ2n) is 3.48. The van der Waals surface area contributed by atoms with Gasteiger partial charge in [0.15, 0.2) is 6.23 Å². The maximum absolute atomic E-state index is 11.3. The molecule has 1 heterocycles. The molecule has 0 saturated carbocycles. The lowest BCUT2D eigenvalue weighted by Crippen LogP contribution is -2.34. The summed E-state index contributed by atoms with van der Waals surface area (Å²) in [7, 11) is -4.34. The summed E-state index contributed by atoms with van der Waals surface area (Å²) in [6, 6.07) is 0. The number of aliphatic hydroxyl groups excluding tert-OH is 1. The molecule has 0 aromatic carbocycles. The molecule has 2 atom stereocenters. The zero-order valence-electron chi connectivity index (χ0n) is 9.37. The molecule has 18 heavy (non-hydrogen) atoms. The van der Waals surface area contributed by atoms with Crippen LogP contribution in [0.1, 0.15) is 13.2 Å². The van der Waals surface area contributed by atoms with Crippen molar-refractivity contribution in [3.63, 3.8) is 0 Å². The van der Waals surface area contributed by atoms with E-state index in [9.17, 15) is 14.5 Å². The van der Waals surface area contributed by atoms with Crippen LogP contribution < -0.4 is 11.4 Å². The van der Waals surface area contributed by atoms with E-state index in [1.54, 1.807) is 0 Å². The number of aromatic nitrogens is 3. The van der Waals surface area contributed by atoms with Crippen LogP contribution in [0.4, 0.5) is 5.95 Å². The van der Waals surface area contributed by atoms with E-state index in [0.717, 1.165) is 10.9 Å². The quantitative estimate of drug-likeness (QED) is 0.458. The highest BCUT2D eigenvalue weighted by Gasteiger charge is 2.22. The summed E-state index contributed by atoms with van der Waals surface area (Å²) in [5.41, 5.74) is 4.32.